The van der Waals surface area contributed by atoms with Crippen LogP contribution in [0.2, 0.25) is 0 Å². The van der Waals surface area contributed by atoms with Gasteiger partial charge in [0.05, 0.1) is 0 Å². The SMILES string of the molecule is CCCOC(C)(C(=O)O[C@H]1CC[C@H]2[C@@H]3CCc4cc(O)ccc4[C@H]3CC[C@]12C)c1ccccc1. The van der Waals surface area contributed by atoms with Gasteiger partial charge in [0, 0.05) is 12.0 Å². The number of benzene rings is 2. The number of aryl methyl sites for hydroxylation is 1. The molecule has 0 radical (unpaired) electrons. The van der Waals surface area contributed by atoms with Crippen molar-refractivity contribution in [3.63, 3.8) is 0 Å². The zero-order chi connectivity index (χ0) is 23.9. The Kier molecular flexibility index (Phi) is 6.22. The summed E-state index contributed by atoms with van der Waals surface area (Å²) in [6, 6.07) is 15.7. The van der Waals surface area contributed by atoms with E-state index in [4.69, 9.17) is 9.47 Å². The zero-order valence-corrected chi connectivity index (χ0v) is 20.8. The molecular formula is C30H38O4. The fourth-order valence-electron chi connectivity index (χ4n) is 7.28. The average molecular weight is 463 g/mol. The Morgan fingerprint density at radius 3 is 2.68 bits per heavy atom. The number of hydrogen-bond donors (Lipinski definition) is 1. The van der Waals surface area contributed by atoms with Gasteiger partial charge in [-0.1, -0.05) is 50.2 Å². The number of esters is 1. The molecule has 0 heterocycles. The van der Waals surface area contributed by atoms with E-state index in [1.807, 2.05) is 49.4 Å². The van der Waals surface area contributed by atoms with E-state index in [0.29, 0.717) is 30.1 Å². The Hall–Kier alpha value is -2.33. The molecule has 5 rings (SSSR count). The molecule has 3 aliphatic rings. The predicted octanol–water partition coefficient (Wildman–Crippen LogP) is 6.50. The molecule has 0 amide bonds. The smallest absolute Gasteiger partial charge is 0.343 e. The molecule has 0 spiro atoms. The van der Waals surface area contributed by atoms with Gasteiger partial charge < -0.3 is 14.6 Å². The summed E-state index contributed by atoms with van der Waals surface area (Å²) in [6.07, 6.45) is 7.18. The van der Waals surface area contributed by atoms with Gasteiger partial charge in [-0.25, -0.2) is 4.79 Å². The number of fused-ring (bicyclic) bond motifs is 5. The molecule has 0 saturated heterocycles. The number of ether oxygens (including phenoxy) is 2. The minimum atomic E-state index is -1.09. The summed E-state index contributed by atoms with van der Waals surface area (Å²) in [5, 5.41) is 9.94. The summed E-state index contributed by atoms with van der Waals surface area (Å²) < 4.78 is 12.5. The largest absolute Gasteiger partial charge is 0.508 e. The Morgan fingerprint density at radius 2 is 1.91 bits per heavy atom. The van der Waals surface area contributed by atoms with Gasteiger partial charge in [0.2, 0.25) is 0 Å². The maximum absolute atomic E-state index is 13.7. The maximum atomic E-state index is 13.7. The van der Waals surface area contributed by atoms with E-state index in [9.17, 15) is 9.90 Å². The molecule has 6 atom stereocenters. The van der Waals surface area contributed by atoms with Gasteiger partial charge >= 0.3 is 5.97 Å². The van der Waals surface area contributed by atoms with Crippen LogP contribution in [-0.4, -0.2) is 23.8 Å². The molecule has 0 bridgehead atoms. The van der Waals surface area contributed by atoms with Crippen LogP contribution in [-0.2, 0) is 26.3 Å². The molecule has 1 N–H and O–H groups in total. The third-order valence-corrected chi connectivity index (χ3v) is 9.18. The highest BCUT2D eigenvalue weighted by atomic mass is 16.6. The number of phenols is 1. The van der Waals surface area contributed by atoms with Crippen molar-refractivity contribution in [2.24, 2.45) is 17.3 Å². The molecule has 0 aliphatic heterocycles. The van der Waals surface area contributed by atoms with Gasteiger partial charge in [0.1, 0.15) is 11.9 Å². The highest BCUT2D eigenvalue weighted by Crippen LogP contribution is 2.61. The van der Waals surface area contributed by atoms with Crippen LogP contribution in [0.3, 0.4) is 0 Å². The molecule has 2 fully saturated rings. The summed E-state index contributed by atoms with van der Waals surface area (Å²) >= 11 is 0. The first-order valence-electron chi connectivity index (χ1n) is 13.1. The summed E-state index contributed by atoms with van der Waals surface area (Å²) in [5.74, 6) is 1.85. The topological polar surface area (TPSA) is 55.8 Å². The summed E-state index contributed by atoms with van der Waals surface area (Å²) in [7, 11) is 0. The highest BCUT2D eigenvalue weighted by Gasteiger charge is 2.57. The Morgan fingerprint density at radius 1 is 1.12 bits per heavy atom. The molecule has 0 aromatic heterocycles. The zero-order valence-electron chi connectivity index (χ0n) is 20.8. The Labute approximate surface area is 203 Å². The monoisotopic (exact) mass is 462 g/mol. The molecule has 2 saturated carbocycles. The fourth-order valence-corrected chi connectivity index (χ4v) is 7.28. The van der Waals surface area contributed by atoms with E-state index in [-0.39, 0.29) is 17.5 Å². The van der Waals surface area contributed by atoms with Crippen LogP contribution >= 0.6 is 0 Å². The number of carbonyl (C=O) groups excluding carboxylic acids is 1. The predicted molar refractivity (Wildman–Crippen MR) is 133 cm³/mol. The second kappa shape index (κ2) is 9.03. The quantitative estimate of drug-likeness (QED) is 0.498. The molecule has 4 heteroatoms. The lowest BCUT2D eigenvalue weighted by Crippen LogP contribution is -2.47. The van der Waals surface area contributed by atoms with Gasteiger partial charge in [0.15, 0.2) is 5.60 Å². The summed E-state index contributed by atoms with van der Waals surface area (Å²) in [4.78, 5) is 13.7. The number of aromatic hydroxyl groups is 1. The van der Waals surface area contributed by atoms with E-state index in [0.717, 1.165) is 50.5 Å². The van der Waals surface area contributed by atoms with E-state index >= 15 is 0 Å². The van der Waals surface area contributed by atoms with E-state index in [1.54, 1.807) is 0 Å². The van der Waals surface area contributed by atoms with Crippen molar-refractivity contribution in [3.8, 4) is 5.75 Å². The van der Waals surface area contributed by atoms with Crippen molar-refractivity contribution in [2.45, 2.75) is 83.3 Å². The lowest BCUT2D eigenvalue weighted by atomic mass is 9.55. The van der Waals surface area contributed by atoms with Crippen LogP contribution in [0.5, 0.6) is 5.75 Å². The van der Waals surface area contributed by atoms with Crippen molar-refractivity contribution in [1.82, 2.24) is 0 Å². The van der Waals surface area contributed by atoms with E-state index in [2.05, 4.69) is 19.9 Å². The number of phenolic OH excluding ortho intramolecular Hbond substituents is 1. The van der Waals surface area contributed by atoms with Crippen LogP contribution in [0.1, 0.15) is 81.9 Å². The molecule has 4 nitrogen and oxygen atoms in total. The molecule has 2 aromatic carbocycles. The van der Waals surface area contributed by atoms with Gasteiger partial charge in [-0.3, -0.25) is 0 Å². The third kappa shape index (κ3) is 3.84. The lowest BCUT2D eigenvalue weighted by Gasteiger charge is -2.50. The molecule has 182 valence electrons. The van der Waals surface area contributed by atoms with Crippen molar-refractivity contribution >= 4 is 5.97 Å². The summed E-state index contributed by atoms with van der Waals surface area (Å²) in [5.41, 5.74) is 2.52. The highest BCUT2D eigenvalue weighted by molar-refractivity contribution is 5.81. The summed E-state index contributed by atoms with van der Waals surface area (Å²) in [6.45, 7) is 6.79. The van der Waals surface area contributed by atoms with Crippen molar-refractivity contribution in [3.05, 3.63) is 65.2 Å². The first-order valence-corrected chi connectivity index (χ1v) is 13.1. The van der Waals surface area contributed by atoms with Gasteiger partial charge in [-0.2, -0.15) is 0 Å². The number of hydrogen-bond acceptors (Lipinski definition) is 4. The minimum absolute atomic E-state index is 0.00754. The lowest BCUT2D eigenvalue weighted by molar-refractivity contribution is -0.185. The van der Waals surface area contributed by atoms with Gasteiger partial charge in [-0.15, -0.1) is 0 Å². The first-order chi connectivity index (χ1) is 16.4. The molecule has 1 unspecified atom stereocenters. The Bertz CT molecular complexity index is 1030. The molecule has 2 aromatic rings. The van der Waals surface area contributed by atoms with Crippen LogP contribution in [0.25, 0.3) is 0 Å². The number of rotatable bonds is 6. The van der Waals surface area contributed by atoms with Crippen LogP contribution < -0.4 is 0 Å². The molecular weight excluding hydrogens is 424 g/mol. The standard InChI is InChI=1S/C30H38O4/c1-4-18-33-30(3,21-8-6-5-7-9-21)28(32)34-27-15-14-26-25-12-10-20-19-22(31)11-13-23(20)24(25)16-17-29(26,27)2/h5-9,11,13,19,24-27,31H,4,10,12,14-18H2,1-3H3/t24-,25-,26+,27+,29+,30?/m1/s1. The van der Waals surface area contributed by atoms with Crippen LogP contribution in [0.15, 0.2) is 48.5 Å². The van der Waals surface area contributed by atoms with E-state index in [1.165, 1.54) is 11.1 Å². The maximum Gasteiger partial charge on any atom is 0.343 e. The minimum Gasteiger partial charge on any atom is -0.508 e. The second-order valence-electron chi connectivity index (χ2n) is 11.1. The van der Waals surface area contributed by atoms with Crippen LogP contribution in [0.4, 0.5) is 0 Å². The fraction of sp³-hybridized carbons (Fsp3) is 0.567. The third-order valence-electron chi connectivity index (χ3n) is 9.18. The van der Waals surface area contributed by atoms with Crippen molar-refractivity contribution in [1.29, 1.82) is 0 Å². The number of carbonyl (C=O) groups is 1. The van der Waals surface area contributed by atoms with Gasteiger partial charge in [-0.05, 0) is 98.4 Å². The second-order valence-corrected chi connectivity index (χ2v) is 11.1. The Balaban J connectivity index is 1.36. The van der Waals surface area contributed by atoms with Crippen molar-refractivity contribution in [2.75, 3.05) is 6.61 Å². The normalized spacial score (nSPS) is 31.6. The average Bonchev–Trinajstić information content (AvgIpc) is 3.18. The molecule has 34 heavy (non-hydrogen) atoms. The van der Waals surface area contributed by atoms with E-state index < -0.39 is 5.60 Å². The van der Waals surface area contributed by atoms with Crippen LogP contribution in [0, 0.1) is 17.3 Å². The first kappa shape index (κ1) is 23.4. The molecule has 3 aliphatic carbocycles. The van der Waals surface area contributed by atoms with Crippen molar-refractivity contribution < 1.29 is 19.4 Å². The van der Waals surface area contributed by atoms with Gasteiger partial charge in [0.25, 0.3) is 0 Å².